The number of halogens is 1. The highest BCUT2D eigenvalue weighted by molar-refractivity contribution is 6.33. The quantitative estimate of drug-likeness (QED) is 0.629. The van der Waals surface area contributed by atoms with Crippen LogP contribution >= 0.6 is 11.6 Å². The molecule has 0 radical (unpaired) electrons. The van der Waals surface area contributed by atoms with Crippen molar-refractivity contribution in [1.82, 2.24) is 14.9 Å². The fraction of sp³-hybridized carbons (Fsp3) is 0.211. The van der Waals surface area contributed by atoms with Crippen molar-refractivity contribution in [2.24, 2.45) is 0 Å². The molecule has 3 rings (SSSR count). The lowest BCUT2D eigenvalue weighted by atomic mass is 10.2. The Hall–Kier alpha value is -3.26. The zero-order chi connectivity index (χ0) is 20.3. The summed E-state index contributed by atoms with van der Waals surface area (Å²) < 4.78 is 12.6. The first kappa shape index (κ1) is 19.5. The Balaban J connectivity index is 1.93. The van der Waals surface area contributed by atoms with Crippen LogP contribution in [0.2, 0.25) is 5.02 Å². The van der Waals surface area contributed by atoms with E-state index in [1.807, 2.05) is 0 Å². The highest BCUT2D eigenvalue weighted by atomic mass is 35.5. The number of urea groups is 1. The Kier molecular flexibility index (Phi) is 5.70. The second-order valence-electron chi connectivity index (χ2n) is 5.82. The number of nitrogens with zero attached hydrogens (tertiary/aromatic N) is 2. The molecule has 0 aliphatic heterocycles. The van der Waals surface area contributed by atoms with Crippen LogP contribution in [0.15, 0.2) is 36.7 Å². The van der Waals surface area contributed by atoms with Crippen LogP contribution in [0.1, 0.15) is 22.8 Å². The Morgan fingerprint density at radius 1 is 1.29 bits per heavy atom. The highest BCUT2D eigenvalue weighted by Gasteiger charge is 2.19. The van der Waals surface area contributed by atoms with Gasteiger partial charge in [-0.25, -0.2) is 14.1 Å². The van der Waals surface area contributed by atoms with E-state index in [0.717, 1.165) is 0 Å². The van der Waals surface area contributed by atoms with Gasteiger partial charge in [-0.3, -0.25) is 0 Å². The van der Waals surface area contributed by atoms with Crippen LogP contribution in [0.3, 0.4) is 0 Å². The van der Waals surface area contributed by atoms with Crippen LogP contribution in [0, 0.1) is 6.92 Å². The molecule has 2 heterocycles. The summed E-state index contributed by atoms with van der Waals surface area (Å²) in [7, 11) is 1.51. The van der Waals surface area contributed by atoms with Gasteiger partial charge in [0, 0.05) is 25.4 Å². The van der Waals surface area contributed by atoms with E-state index in [-0.39, 0.29) is 12.6 Å². The highest BCUT2D eigenvalue weighted by Crippen LogP contribution is 2.33. The summed E-state index contributed by atoms with van der Waals surface area (Å²) in [6.45, 7) is 3.85. The molecule has 2 amide bonds. The van der Waals surface area contributed by atoms with Crippen molar-refractivity contribution in [3.63, 3.8) is 0 Å². The number of ether oxygens (including phenoxy) is 2. The van der Waals surface area contributed by atoms with Gasteiger partial charge < -0.3 is 20.1 Å². The van der Waals surface area contributed by atoms with E-state index in [0.29, 0.717) is 38.9 Å². The number of carbonyl (C=O) groups excluding carboxylic acids is 2. The summed E-state index contributed by atoms with van der Waals surface area (Å²) in [5.41, 5.74) is 2.23. The number of hydrogen-bond acceptors (Lipinski definition) is 5. The molecule has 9 heteroatoms. The number of rotatable bonds is 5. The zero-order valence-corrected chi connectivity index (χ0v) is 16.3. The molecule has 0 saturated heterocycles. The molecule has 0 aliphatic rings. The zero-order valence-electron chi connectivity index (χ0n) is 15.6. The third-order valence-electron chi connectivity index (χ3n) is 4.03. The Labute approximate surface area is 166 Å². The lowest BCUT2D eigenvalue weighted by molar-refractivity contribution is 0.0525. The van der Waals surface area contributed by atoms with Gasteiger partial charge in [0.15, 0.2) is 5.75 Å². The smallest absolute Gasteiger partial charge is 0.340 e. The third kappa shape index (κ3) is 3.86. The largest absolute Gasteiger partial charge is 0.462 e. The van der Waals surface area contributed by atoms with Crippen LogP contribution < -0.4 is 15.4 Å². The van der Waals surface area contributed by atoms with E-state index in [1.54, 1.807) is 55.0 Å². The Morgan fingerprint density at radius 2 is 2.07 bits per heavy atom. The van der Waals surface area contributed by atoms with Gasteiger partial charge in [0.25, 0.3) is 0 Å². The minimum absolute atomic E-state index is 0.288. The molecule has 0 atom stereocenters. The first-order valence-electron chi connectivity index (χ1n) is 8.54. The van der Waals surface area contributed by atoms with Crippen molar-refractivity contribution in [3.05, 3.63) is 52.8 Å². The number of aryl methyl sites for hydroxylation is 1. The molecule has 0 spiro atoms. The predicted octanol–water partition coefficient (Wildman–Crippen LogP) is 4.02. The van der Waals surface area contributed by atoms with Gasteiger partial charge >= 0.3 is 12.0 Å². The number of fused-ring (bicyclic) bond motifs is 1. The van der Waals surface area contributed by atoms with Crippen molar-refractivity contribution in [3.8, 4) is 11.5 Å². The number of aromatic nitrogens is 2. The predicted molar refractivity (Wildman–Crippen MR) is 105 cm³/mol. The number of hydrogen-bond donors (Lipinski definition) is 2. The maximum absolute atomic E-state index is 12.1. The molecule has 3 aromatic rings. The molecule has 2 aromatic heterocycles. The van der Waals surface area contributed by atoms with Crippen LogP contribution in [0.25, 0.3) is 5.52 Å². The number of anilines is 1. The normalized spacial score (nSPS) is 10.6. The molecule has 2 N–H and O–H groups in total. The molecule has 0 unspecified atom stereocenters. The fourth-order valence-electron chi connectivity index (χ4n) is 2.69. The van der Waals surface area contributed by atoms with Crippen molar-refractivity contribution >= 4 is 34.8 Å². The monoisotopic (exact) mass is 402 g/mol. The summed E-state index contributed by atoms with van der Waals surface area (Å²) >= 11 is 6.23. The molecule has 8 nitrogen and oxygen atoms in total. The van der Waals surface area contributed by atoms with Crippen molar-refractivity contribution in [2.45, 2.75) is 13.8 Å². The van der Waals surface area contributed by atoms with E-state index in [1.165, 1.54) is 7.05 Å². The molecule has 0 bridgehead atoms. The maximum atomic E-state index is 12.1. The van der Waals surface area contributed by atoms with Gasteiger partial charge in [-0.15, -0.1) is 0 Å². The molecular weight excluding hydrogens is 384 g/mol. The van der Waals surface area contributed by atoms with Crippen molar-refractivity contribution in [2.75, 3.05) is 19.0 Å². The molecule has 1 aromatic carbocycles. The summed E-state index contributed by atoms with van der Waals surface area (Å²) in [4.78, 5) is 23.6. The maximum Gasteiger partial charge on any atom is 0.340 e. The van der Waals surface area contributed by atoms with Crippen LogP contribution in [0.5, 0.6) is 11.5 Å². The van der Waals surface area contributed by atoms with Gasteiger partial charge in [0.2, 0.25) is 0 Å². The van der Waals surface area contributed by atoms with E-state index in [2.05, 4.69) is 15.7 Å². The third-order valence-corrected chi connectivity index (χ3v) is 4.34. The second kappa shape index (κ2) is 8.18. The van der Waals surface area contributed by atoms with E-state index in [4.69, 9.17) is 21.1 Å². The van der Waals surface area contributed by atoms with Crippen LogP contribution in [-0.2, 0) is 4.74 Å². The lowest BCUT2D eigenvalue weighted by Gasteiger charge is -2.11. The average molecular weight is 403 g/mol. The minimum atomic E-state index is -0.413. The van der Waals surface area contributed by atoms with Crippen molar-refractivity contribution in [1.29, 1.82) is 0 Å². The Morgan fingerprint density at radius 3 is 2.75 bits per heavy atom. The van der Waals surface area contributed by atoms with Crippen LogP contribution in [0.4, 0.5) is 10.5 Å². The molecule has 0 saturated carbocycles. The summed E-state index contributed by atoms with van der Waals surface area (Å²) in [5, 5.41) is 9.62. The first-order chi connectivity index (χ1) is 13.4. The van der Waals surface area contributed by atoms with Gasteiger partial charge in [0.05, 0.1) is 29.1 Å². The number of amides is 2. The van der Waals surface area contributed by atoms with E-state index in [9.17, 15) is 9.59 Å². The SMILES string of the molecule is CCOC(=O)c1cn2nccc(Oc3ccc(NC(=O)NC)c(Cl)c3)c2c1C. The number of nitrogens with one attached hydrogen (secondary N) is 2. The first-order valence-corrected chi connectivity index (χ1v) is 8.92. The second-order valence-corrected chi connectivity index (χ2v) is 6.23. The molecule has 0 aliphatic carbocycles. The van der Waals surface area contributed by atoms with Gasteiger partial charge in [-0.05, 0) is 31.5 Å². The molecular formula is C19H19ClN4O4. The fourth-order valence-corrected chi connectivity index (χ4v) is 2.91. The number of esters is 1. The molecule has 0 fully saturated rings. The van der Waals surface area contributed by atoms with Crippen molar-refractivity contribution < 1.29 is 19.1 Å². The average Bonchev–Trinajstić information content (AvgIpc) is 3.02. The van der Waals surface area contributed by atoms with Gasteiger partial charge in [-0.1, -0.05) is 11.6 Å². The summed E-state index contributed by atoms with van der Waals surface area (Å²) in [6.07, 6.45) is 3.18. The lowest BCUT2D eigenvalue weighted by Crippen LogP contribution is -2.24. The van der Waals surface area contributed by atoms with Crippen LogP contribution in [-0.4, -0.2) is 35.3 Å². The topological polar surface area (TPSA) is 94.0 Å². The van der Waals surface area contributed by atoms with Gasteiger partial charge in [-0.2, -0.15) is 5.10 Å². The number of carbonyl (C=O) groups is 2. The molecule has 28 heavy (non-hydrogen) atoms. The van der Waals surface area contributed by atoms with E-state index >= 15 is 0 Å². The minimum Gasteiger partial charge on any atom is -0.462 e. The van der Waals surface area contributed by atoms with E-state index < -0.39 is 5.97 Å². The summed E-state index contributed by atoms with van der Waals surface area (Å²) in [5.74, 6) is 0.564. The standard InChI is InChI=1S/C19H19ClN4O4/c1-4-27-18(25)13-10-24-17(11(13)2)16(7-8-22-24)28-12-5-6-15(14(20)9-12)23-19(26)21-3/h5-10H,4H2,1-3H3,(H2,21,23,26). The number of benzene rings is 1. The molecule has 146 valence electrons. The van der Waals surface area contributed by atoms with Gasteiger partial charge in [0.1, 0.15) is 11.3 Å². The summed E-state index contributed by atoms with van der Waals surface area (Å²) in [6, 6.07) is 6.23. The Bertz CT molecular complexity index is 1050.